The minimum Gasteiger partial charge on any atom is -0.496 e. The van der Waals surface area contributed by atoms with E-state index in [0.717, 1.165) is 15.6 Å². The van der Waals surface area contributed by atoms with Crippen LogP contribution in [0.2, 0.25) is 0 Å². The molecule has 4 aromatic rings. The summed E-state index contributed by atoms with van der Waals surface area (Å²) in [5.41, 5.74) is 2.94. The minimum atomic E-state index is -0.754. The molecule has 0 aliphatic heterocycles. The molecular formula is C24H19BrN2O4. The van der Waals surface area contributed by atoms with E-state index in [1.165, 1.54) is 7.11 Å². The minimum absolute atomic E-state index is 0.148. The number of benzene rings is 3. The van der Waals surface area contributed by atoms with Gasteiger partial charge in [-0.15, -0.1) is 0 Å². The molecule has 6 nitrogen and oxygen atoms in total. The zero-order valence-electron chi connectivity index (χ0n) is 16.9. The predicted octanol–water partition coefficient (Wildman–Crippen LogP) is 5.44. The van der Waals surface area contributed by atoms with Gasteiger partial charge in [0, 0.05) is 28.0 Å². The summed E-state index contributed by atoms with van der Waals surface area (Å²) >= 11 is 3.44. The summed E-state index contributed by atoms with van der Waals surface area (Å²) < 4.78 is 12.0. The fourth-order valence-electron chi connectivity index (χ4n) is 3.49. The van der Waals surface area contributed by atoms with Crippen molar-refractivity contribution < 1.29 is 19.1 Å². The van der Waals surface area contributed by atoms with Gasteiger partial charge < -0.3 is 19.8 Å². The quantitative estimate of drug-likeness (QED) is 0.285. The van der Waals surface area contributed by atoms with Crippen LogP contribution in [0.5, 0.6) is 11.5 Å². The summed E-state index contributed by atoms with van der Waals surface area (Å²) in [5, 5.41) is 3.33. The summed E-state index contributed by atoms with van der Waals surface area (Å²) in [6.45, 7) is 0. The van der Waals surface area contributed by atoms with Gasteiger partial charge in [-0.05, 0) is 29.8 Å². The number of amides is 1. The average Bonchev–Trinajstić information content (AvgIpc) is 3.23. The number of ether oxygens (including phenoxy) is 2. The Morgan fingerprint density at radius 1 is 0.935 bits per heavy atom. The number of aromatic nitrogens is 1. The van der Waals surface area contributed by atoms with Crippen LogP contribution in [0.1, 0.15) is 10.4 Å². The van der Waals surface area contributed by atoms with Crippen LogP contribution >= 0.6 is 15.9 Å². The number of nitrogens with one attached hydrogen (secondary N) is 2. The molecule has 1 heterocycles. The van der Waals surface area contributed by atoms with E-state index in [1.54, 1.807) is 43.6 Å². The van der Waals surface area contributed by atoms with Crippen LogP contribution in [0, 0.1) is 0 Å². The van der Waals surface area contributed by atoms with Gasteiger partial charge in [-0.3, -0.25) is 9.59 Å². The fourth-order valence-corrected chi connectivity index (χ4v) is 3.75. The summed E-state index contributed by atoms with van der Waals surface area (Å²) in [6, 6.07) is 18.2. The summed E-state index contributed by atoms with van der Waals surface area (Å²) in [7, 11) is 3.00. The first-order valence-electron chi connectivity index (χ1n) is 9.46. The van der Waals surface area contributed by atoms with Gasteiger partial charge in [0.15, 0.2) is 0 Å². The molecule has 0 aliphatic rings. The molecule has 1 amide bonds. The van der Waals surface area contributed by atoms with E-state index in [0.29, 0.717) is 22.3 Å². The van der Waals surface area contributed by atoms with Gasteiger partial charge in [0.05, 0.1) is 30.7 Å². The lowest BCUT2D eigenvalue weighted by Crippen LogP contribution is -2.23. The molecule has 3 aromatic carbocycles. The van der Waals surface area contributed by atoms with Crippen molar-refractivity contribution in [3.63, 3.8) is 0 Å². The molecule has 4 rings (SSSR count). The van der Waals surface area contributed by atoms with E-state index in [2.05, 4.69) is 26.2 Å². The van der Waals surface area contributed by atoms with Gasteiger partial charge in [0.2, 0.25) is 0 Å². The lowest BCUT2D eigenvalue weighted by molar-refractivity contribution is -0.112. The first-order valence-corrected chi connectivity index (χ1v) is 10.3. The number of hydrogen-bond acceptors (Lipinski definition) is 4. The third-order valence-corrected chi connectivity index (χ3v) is 5.47. The molecule has 0 spiro atoms. The van der Waals surface area contributed by atoms with Crippen LogP contribution in [0.3, 0.4) is 0 Å². The Morgan fingerprint density at radius 3 is 2.26 bits per heavy atom. The van der Waals surface area contributed by atoms with Gasteiger partial charge >= 0.3 is 0 Å². The molecule has 0 saturated heterocycles. The molecule has 0 aliphatic carbocycles. The number of para-hydroxylation sites is 1. The Bertz CT molecular complexity index is 1260. The molecule has 0 radical (unpaired) electrons. The number of carbonyl (C=O) groups is 2. The number of Topliss-reactive ketones (excluding diaryl/α,β-unsaturated/α-hetero) is 1. The van der Waals surface area contributed by atoms with Crippen LogP contribution in [0.25, 0.3) is 22.0 Å². The maximum atomic E-state index is 13.2. The molecule has 2 N–H and O–H groups in total. The van der Waals surface area contributed by atoms with Gasteiger partial charge in [-0.1, -0.05) is 46.3 Å². The second-order valence-electron chi connectivity index (χ2n) is 6.76. The molecule has 156 valence electrons. The van der Waals surface area contributed by atoms with Crippen molar-refractivity contribution in [1.82, 2.24) is 4.98 Å². The molecule has 0 saturated carbocycles. The number of fused-ring (bicyclic) bond motifs is 1. The molecule has 1 aromatic heterocycles. The second kappa shape index (κ2) is 8.65. The third kappa shape index (κ3) is 3.92. The Labute approximate surface area is 187 Å². The van der Waals surface area contributed by atoms with Gasteiger partial charge in [-0.2, -0.15) is 0 Å². The van der Waals surface area contributed by atoms with Crippen LogP contribution in [-0.2, 0) is 4.79 Å². The van der Waals surface area contributed by atoms with E-state index < -0.39 is 11.7 Å². The van der Waals surface area contributed by atoms with E-state index >= 15 is 0 Å². The van der Waals surface area contributed by atoms with Crippen LogP contribution in [0.4, 0.5) is 5.69 Å². The largest absolute Gasteiger partial charge is 0.496 e. The molecule has 0 fully saturated rings. The SMILES string of the molecule is COc1cc(OC)c2c(-c3ccc(Br)cc3)c[nH]c2c1C(=O)C(=O)Nc1ccccc1. The van der Waals surface area contributed by atoms with E-state index in [4.69, 9.17) is 9.47 Å². The summed E-state index contributed by atoms with van der Waals surface area (Å²) in [6.07, 6.45) is 1.79. The van der Waals surface area contributed by atoms with E-state index in [1.807, 2.05) is 30.3 Å². The molecular weight excluding hydrogens is 460 g/mol. The number of aromatic amines is 1. The van der Waals surface area contributed by atoms with Crippen molar-refractivity contribution in [1.29, 1.82) is 0 Å². The highest BCUT2D eigenvalue weighted by Crippen LogP contribution is 2.41. The standard InChI is InChI=1S/C24H19BrN2O4/c1-30-18-12-19(31-2)21(23(28)24(29)27-16-6-4-3-5-7-16)22-20(18)17(13-26-22)14-8-10-15(25)11-9-14/h3-13,26H,1-2H3,(H,27,29). The number of methoxy groups -OCH3 is 2. The second-order valence-corrected chi connectivity index (χ2v) is 7.68. The number of H-pyrrole nitrogens is 1. The van der Waals surface area contributed by atoms with E-state index in [9.17, 15) is 9.59 Å². The van der Waals surface area contributed by atoms with Gasteiger partial charge in [-0.25, -0.2) is 0 Å². The molecule has 0 atom stereocenters. The third-order valence-electron chi connectivity index (χ3n) is 4.95. The van der Waals surface area contributed by atoms with Crippen molar-refractivity contribution in [2.75, 3.05) is 19.5 Å². The number of carbonyl (C=O) groups excluding carboxylic acids is 2. The molecule has 0 unspecified atom stereocenters. The maximum absolute atomic E-state index is 13.2. The topological polar surface area (TPSA) is 80.4 Å². The average molecular weight is 479 g/mol. The first-order chi connectivity index (χ1) is 15.0. The number of hydrogen-bond donors (Lipinski definition) is 2. The zero-order chi connectivity index (χ0) is 22.0. The van der Waals surface area contributed by atoms with Crippen molar-refractivity contribution >= 4 is 44.2 Å². The zero-order valence-corrected chi connectivity index (χ0v) is 18.4. The van der Waals surface area contributed by atoms with Crippen LogP contribution in [0.15, 0.2) is 71.3 Å². The Balaban J connectivity index is 1.85. The predicted molar refractivity (Wildman–Crippen MR) is 124 cm³/mol. The highest BCUT2D eigenvalue weighted by atomic mass is 79.9. The van der Waals surface area contributed by atoms with Crippen molar-refractivity contribution in [3.8, 4) is 22.6 Å². The maximum Gasteiger partial charge on any atom is 0.296 e. The smallest absolute Gasteiger partial charge is 0.296 e. The fraction of sp³-hybridized carbons (Fsp3) is 0.0833. The number of rotatable bonds is 6. The lowest BCUT2D eigenvalue weighted by Gasteiger charge is -2.13. The Hall–Kier alpha value is -3.58. The molecule has 0 bridgehead atoms. The summed E-state index contributed by atoms with van der Waals surface area (Å²) in [5.74, 6) is -0.680. The normalized spacial score (nSPS) is 10.7. The van der Waals surface area contributed by atoms with Crippen molar-refractivity contribution in [2.45, 2.75) is 0 Å². The Kier molecular flexibility index (Phi) is 5.77. The van der Waals surface area contributed by atoms with Crippen molar-refractivity contribution in [3.05, 3.63) is 76.9 Å². The van der Waals surface area contributed by atoms with E-state index in [-0.39, 0.29) is 11.3 Å². The number of anilines is 1. The number of ketones is 1. The highest BCUT2D eigenvalue weighted by molar-refractivity contribution is 9.10. The highest BCUT2D eigenvalue weighted by Gasteiger charge is 2.27. The van der Waals surface area contributed by atoms with Crippen molar-refractivity contribution in [2.24, 2.45) is 0 Å². The number of halogens is 1. The molecule has 7 heteroatoms. The Morgan fingerprint density at radius 2 is 1.61 bits per heavy atom. The summed E-state index contributed by atoms with van der Waals surface area (Å²) in [4.78, 5) is 29.0. The van der Waals surface area contributed by atoms with Gasteiger partial charge in [0.25, 0.3) is 11.7 Å². The van der Waals surface area contributed by atoms with Crippen LogP contribution in [-0.4, -0.2) is 30.9 Å². The first kappa shape index (κ1) is 20.7. The monoisotopic (exact) mass is 478 g/mol. The molecule has 31 heavy (non-hydrogen) atoms. The lowest BCUT2D eigenvalue weighted by atomic mass is 9.99. The van der Waals surface area contributed by atoms with Gasteiger partial charge in [0.1, 0.15) is 11.5 Å². The van der Waals surface area contributed by atoms with Crippen LogP contribution < -0.4 is 14.8 Å².